The lowest BCUT2D eigenvalue weighted by molar-refractivity contribution is 0.368. The van der Waals surface area contributed by atoms with Crippen molar-refractivity contribution >= 4 is 34.0 Å². The molecule has 2 nitrogen and oxygen atoms in total. The molecule has 0 amide bonds. The van der Waals surface area contributed by atoms with Gasteiger partial charge in [0, 0.05) is 12.2 Å². The predicted molar refractivity (Wildman–Crippen MR) is 94.2 cm³/mol. The summed E-state index contributed by atoms with van der Waals surface area (Å²) in [6, 6.07) is 14.3. The minimum Gasteiger partial charge on any atom is -0.480 e. The summed E-state index contributed by atoms with van der Waals surface area (Å²) < 4.78 is 6.33. The van der Waals surface area contributed by atoms with E-state index in [1.165, 1.54) is 11.1 Å². The summed E-state index contributed by atoms with van der Waals surface area (Å²) in [5.74, 6) is 3.22. The number of hydrogen-bond acceptors (Lipinski definition) is 2. The lowest BCUT2D eigenvalue weighted by atomic mass is 10.2. The number of rotatable bonds is 5. The third-order valence-electron chi connectivity index (χ3n) is 2.82. The molecule has 0 spiro atoms. The Hall–Kier alpha value is -1.63. The maximum Gasteiger partial charge on any atom is 0.148 e. The van der Waals surface area contributed by atoms with Gasteiger partial charge in [-0.25, -0.2) is 0 Å². The van der Waals surface area contributed by atoms with Gasteiger partial charge < -0.3 is 10.1 Å². The van der Waals surface area contributed by atoms with Crippen LogP contribution in [0.15, 0.2) is 46.9 Å². The first-order valence-electron chi connectivity index (χ1n) is 6.34. The van der Waals surface area contributed by atoms with Gasteiger partial charge in [-0.15, -0.1) is 18.8 Å². The van der Waals surface area contributed by atoms with Crippen LogP contribution in [0.1, 0.15) is 11.1 Å². The molecular weight excluding hydrogens is 350 g/mol. The van der Waals surface area contributed by atoms with Crippen molar-refractivity contribution in [3.8, 4) is 18.1 Å². The van der Waals surface area contributed by atoms with Crippen LogP contribution in [0.3, 0.4) is 0 Å². The first kappa shape index (κ1) is 17.4. The van der Waals surface area contributed by atoms with Crippen molar-refractivity contribution in [3.63, 3.8) is 0 Å². The quantitative estimate of drug-likeness (QED) is 0.767. The topological polar surface area (TPSA) is 21.3 Å². The first-order valence-corrected chi connectivity index (χ1v) is 7.13. The van der Waals surface area contributed by atoms with Crippen LogP contribution in [-0.2, 0) is 6.54 Å². The maximum absolute atomic E-state index is 5.42. The molecule has 4 heteroatoms. The Bertz CT molecular complexity index is 637. The van der Waals surface area contributed by atoms with Crippen LogP contribution in [0.2, 0.25) is 0 Å². The third kappa shape index (κ3) is 5.34. The fraction of sp³-hybridized carbons (Fsp3) is 0.176. The van der Waals surface area contributed by atoms with E-state index in [4.69, 9.17) is 11.2 Å². The van der Waals surface area contributed by atoms with Gasteiger partial charge in [-0.1, -0.05) is 24.1 Å². The Morgan fingerprint density at radius 2 is 2.05 bits per heavy atom. The zero-order chi connectivity index (χ0) is 14.4. The van der Waals surface area contributed by atoms with Gasteiger partial charge in [-0.2, -0.15) is 0 Å². The van der Waals surface area contributed by atoms with Crippen molar-refractivity contribution in [1.29, 1.82) is 0 Å². The molecule has 0 aliphatic heterocycles. The molecule has 0 aromatic heterocycles. The summed E-state index contributed by atoms with van der Waals surface area (Å²) in [7, 11) is 0. The van der Waals surface area contributed by atoms with E-state index in [0.29, 0.717) is 0 Å². The van der Waals surface area contributed by atoms with Crippen LogP contribution < -0.4 is 10.1 Å². The Kier molecular flexibility index (Phi) is 7.14. The molecule has 0 radical (unpaired) electrons. The molecule has 2 aromatic carbocycles. The van der Waals surface area contributed by atoms with Crippen LogP contribution in [0.4, 0.5) is 5.69 Å². The van der Waals surface area contributed by atoms with E-state index in [9.17, 15) is 0 Å². The SMILES string of the molecule is C#CCOc1ccc(CNc2cccc(C)c2)cc1Br.Cl. The number of terminal acetylenes is 1. The molecule has 0 aliphatic rings. The number of ether oxygens (including phenoxy) is 1. The number of halogens is 2. The van der Waals surface area contributed by atoms with E-state index >= 15 is 0 Å². The highest BCUT2D eigenvalue weighted by atomic mass is 79.9. The van der Waals surface area contributed by atoms with E-state index < -0.39 is 0 Å². The molecule has 0 saturated carbocycles. The highest BCUT2D eigenvalue weighted by molar-refractivity contribution is 9.10. The third-order valence-corrected chi connectivity index (χ3v) is 3.44. The van der Waals surface area contributed by atoms with Gasteiger partial charge in [0.15, 0.2) is 0 Å². The molecule has 2 rings (SSSR count). The largest absolute Gasteiger partial charge is 0.480 e. The highest BCUT2D eigenvalue weighted by Crippen LogP contribution is 2.26. The zero-order valence-electron chi connectivity index (χ0n) is 11.7. The fourth-order valence-electron chi connectivity index (χ4n) is 1.85. The Balaban J connectivity index is 0.00000220. The molecule has 0 heterocycles. The number of benzene rings is 2. The van der Waals surface area contributed by atoms with E-state index in [1.807, 2.05) is 24.3 Å². The summed E-state index contributed by atoms with van der Waals surface area (Å²) >= 11 is 3.49. The van der Waals surface area contributed by atoms with E-state index in [0.717, 1.165) is 22.5 Å². The van der Waals surface area contributed by atoms with Crippen molar-refractivity contribution in [2.45, 2.75) is 13.5 Å². The van der Waals surface area contributed by atoms with Gasteiger partial charge in [0.2, 0.25) is 0 Å². The lowest BCUT2D eigenvalue weighted by Gasteiger charge is -2.10. The van der Waals surface area contributed by atoms with Crippen molar-refractivity contribution < 1.29 is 4.74 Å². The summed E-state index contributed by atoms with van der Waals surface area (Å²) in [6.45, 7) is 3.12. The second kappa shape index (κ2) is 8.61. The zero-order valence-corrected chi connectivity index (χ0v) is 14.1. The van der Waals surface area contributed by atoms with Crippen molar-refractivity contribution in [3.05, 3.63) is 58.1 Å². The first-order chi connectivity index (χ1) is 9.69. The van der Waals surface area contributed by atoms with Crippen LogP contribution in [0, 0.1) is 19.3 Å². The summed E-state index contributed by atoms with van der Waals surface area (Å²) in [5.41, 5.74) is 3.54. The second-order valence-corrected chi connectivity index (χ2v) is 5.33. The molecule has 0 fully saturated rings. The summed E-state index contributed by atoms with van der Waals surface area (Å²) in [5, 5.41) is 3.40. The molecule has 1 N–H and O–H groups in total. The molecule has 2 aromatic rings. The standard InChI is InChI=1S/C17H16BrNO.ClH/c1-3-9-20-17-8-7-14(11-16(17)18)12-19-15-6-4-5-13(2)10-15;/h1,4-8,10-11,19H,9,12H2,2H3;1H. The number of hydrogen-bond donors (Lipinski definition) is 1. The van der Waals surface area contributed by atoms with Crippen molar-refractivity contribution in [1.82, 2.24) is 0 Å². The normalized spacial score (nSPS) is 9.38. The van der Waals surface area contributed by atoms with Gasteiger partial charge >= 0.3 is 0 Å². The second-order valence-electron chi connectivity index (χ2n) is 4.48. The molecule has 21 heavy (non-hydrogen) atoms. The molecule has 0 aliphatic carbocycles. The molecular formula is C17H17BrClNO. The van der Waals surface area contributed by atoms with Gasteiger partial charge in [0.05, 0.1) is 4.47 Å². The van der Waals surface area contributed by atoms with E-state index in [1.54, 1.807) is 0 Å². The van der Waals surface area contributed by atoms with E-state index in [-0.39, 0.29) is 19.0 Å². The lowest BCUT2D eigenvalue weighted by Crippen LogP contribution is -2.00. The van der Waals surface area contributed by atoms with Gasteiger partial charge in [0.25, 0.3) is 0 Å². The highest BCUT2D eigenvalue weighted by Gasteiger charge is 2.02. The van der Waals surface area contributed by atoms with Crippen LogP contribution >= 0.6 is 28.3 Å². The fourth-order valence-corrected chi connectivity index (χ4v) is 2.39. The molecule has 0 unspecified atom stereocenters. The molecule has 0 saturated heterocycles. The number of anilines is 1. The van der Waals surface area contributed by atoms with Crippen molar-refractivity contribution in [2.24, 2.45) is 0 Å². The maximum atomic E-state index is 5.42. The summed E-state index contributed by atoms with van der Waals surface area (Å²) in [4.78, 5) is 0. The predicted octanol–water partition coefficient (Wildman–Crippen LogP) is 4.80. The van der Waals surface area contributed by atoms with Gasteiger partial charge in [0.1, 0.15) is 12.4 Å². The summed E-state index contributed by atoms with van der Waals surface area (Å²) in [6.07, 6.45) is 5.18. The van der Waals surface area contributed by atoms with Crippen molar-refractivity contribution in [2.75, 3.05) is 11.9 Å². The smallest absolute Gasteiger partial charge is 0.148 e. The monoisotopic (exact) mass is 365 g/mol. The van der Waals surface area contributed by atoms with Gasteiger partial charge in [-0.3, -0.25) is 0 Å². The Labute approximate surface area is 140 Å². The van der Waals surface area contributed by atoms with Crippen LogP contribution in [-0.4, -0.2) is 6.61 Å². The molecule has 110 valence electrons. The molecule has 0 atom stereocenters. The average molecular weight is 367 g/mol. The average Bonchev–Trinajstić information content (AvgIpc) is 2.44. The Morgan fingerprint density at radius 1 is 1.24 bits per heavy atom. The minimum absolute atomic E-state index is 0. The van der Waals surface area contributed by atoms with Gasteiger partial charge in [-0.05, 0) is 58.2 Å². The molecule has 0 bridgehead atoms. The van der Waals surface area contributed by atoms with Crippen LogP contribution in [0.25, 0.3) is 0 Å². The van der Waals surface area contributed by atoms with Crippen LogP contribution in [0.5, 0.6) is 5.75 Å². The number of aryl methyl sites for hydroxylation is 1. The van der Waals surface area contributed by atoms with E-state index in [2.05, 4.69) is 52.3 Å². The Morgan fingerprint density at radius 3 is 2.71 bits per heavy atom. The number of nitrogens with one attached hydrogen (secondary N) is 1. The minimum atomic E-state index is 0.